The lowest BCUT2D eigenvalue weighted by molar-refractivity contribution is -0.133. The molecule has 1 aliphatic heterocycles. The second-order valence-electron chi connectivity index (χ2n) is 10.0. The number of nitrogens with one attached hydrogen (secondary N) is 1. The van der Waals surface area contributed by atoms with Gasteiger partial charge in [0.2, 0.25) is 0 Å². The number of hydrogen-bond acceptors (Lipinski definition) is 7. The highest BCUT2D eigenvalue weighted by atomic mass is 35.5. The Morgan fingerprint density at radius 2 is 1.74 bits per heavy atom. The molecule has 42 heavy (non-hydrogen) atoms. The molecule has 0 unspecified atom stereocenters. The minimum atomic E-state index is -4.12. The number of hydrogen-bond donors (Lipinski definition) is 2. The number of aryl methyl sites for hydroxylation is 1. The highest BCUT2D eigenvalue weighted by molar-refractivity contribution is 7.93. The number of rotatable bonds is 12. The number of nitrogens with zero attached hydrogens (tertiary/aromatic N) is 1. The highest BCUT2D eigenvalue weighted by Gasteiger charge is 2.52. The van der Waals surface area contributed by atoms with E-state index in [4.69, 9.17) is 9.47 Å². The number of ether oxygens (including phenoxy) is 2. The molecule has 1 fully saturated rings. The lowest BCUT2D eigenvalue weighted by atomic mass is 9.95. The third-order valence-electron chi connectivity index (χ3n) is 7.49. The number of halogens is 3. The molecule has 4 rings (SSSR count). The molecule has 0 spiro atoms. The van der Waals surface area contributed by atoms with Crippen LogP contribution in [-0.4, -0.2) is 69.1 Å². The van der Waals surface area contributed by atoms with Crippen molar-refractivity contribution in [1.29, 1.82) is 0 Å². The first-order valence-corrected chi connectivity index (χ1v) is 14.9. The van der Waals surface area contributed by atoms with Gasteiger partial charge in [-0.25, -0.2) is 22.7 Å². The Bertz CT molecular complexity index is 1450. The smallest absolute Gasteiger partial charge is 0.265 e. The van der Waals surface area contributed by atoms with E-state index < -0.39 is 32.1 Å². The maximum atomic E-state index is 14.2. The molecule has 1 heterocycles. The molecule has 3 aromatic carbocycles. The van der Waals surface area contributed by atoms with Crippen LogP contribution in [0, 0.1) is 11.6 Å². The molecule has 12 heteroatoms. The zero-order valence-electron chi connectivity index (χ0n) is 23.2. The van der Waals surface area contributed by atoms with Crippen molar-refractivity contribution in [3.05, 3.63) is 83.9 Å². The van der Waals surface area contributed by atoms with Crippen molar-refractivity contribution >= 4 is 28.2 Å². The first-order chi connectivity index (χ1) is 19.7. The van der Waals surface area contributed by atoms with Crippen LogP contribution < -0.4 is 10.2 Å². The molecule has 8 nitrogen and oxygen atoms in total. The Balaban J connectivity index is 0.00000484. The standard InChI is InChI=1S/C30H34F2N2O6S.ClH/c1-39-19-17-34-15-13-30(14-16-34,29(35)33-36)41(37,38)26-10-8-25(9-11-26)40-18-3-5-22-4-2-6-23(20-22)27-12-7-24(31)21-28(27)32;/h2,4,6-12,20-21,36H,3,5,13-19H2,1H3,(H,33,35);1H. The summed E-state index contributed by atoms with van der Waals surface area (Å²) in [5.41, 5.74) is 3.52. The molecule has 0 saturated carbocycles. The van der Waals surface area contributed by atoms with Crippen molar-refractivity contribution in [3.63, 3.8) is 0 Å². The average molecular weight is 625 g/mol. The van der Waals surface area contributed by atoms with Gasteiger partial charge in [0, 0.05) is 38.4 Å². The van der Waals surface area contributed by atoms with Crippen LogP contribution in [0.15, 0.2) is 71.6 Å². The van der Waals surface area contributed by atoms with E-state index in [0.717, 1.165) is 11.6 Å². The first kappa shape index (κ1) is 33.4. The average Bonchev–Trinajstić information content (AvgIpc) is 2.98. The van der Waals surface area contributed by atoms with E-state index in [0.29, 0.717) is 62.6 Å². The van der Waals surface area contributed by atoms with Crippen molar-refractivity contribution in [1.82, 2.24) is 10.4 Å². The van der Waals surface area contributed by atoms with E-state index in [-0.39, 0.29) is 30.1 Å². The van der Waals surface area contributed by atoms with Gasteiger partial charge in [-0.1, -0.05) is 24.3 Å². The number of amides is 1. The lowest BCUT2D eigenvalue weighted by Gasteiger charge is -2.39. The van der Waals surface area contributed by atoms with Crippen molar-refractivity contribution in [2.24, 2.45) is 0 Å². The van der Waals surface area contributed by atoms with Gasteiger partial charge in [-0.05, 0) is 73.2 Å². The summed E-state index contributed by atoms with van der Waals surface area (Å²) in [5, 5.41) is 9.36. The molecule has 1 amide bonds. The summed E-state index contributed by atoms with van der Waals surface area (Å²) >= 11 is 0. The van der Waals surface area contributed by atoms with E-state index in [1.165, 1.54) is 24.3 Å². The molecule has 2 N–H and O–H groups in total. The van der Waals surface area contributed by atoms with Gasteiger partial charge in [0.15, 0.2) is 14.6 Å². The SMILES string of the molecule is COCCN1CCC(C(=O)NO)(S(=O)(=O)c2ccc(OCCCc3cccc(-c4ccc(F)cc4F)c3)cc2)CC1.Cl. The van der Waals surface area contributed by atoms with Crippen molar-refractivity contribution in [3.8, 4) is 16.9 Å². The number of methoxy groups -OCH3 is 1. The Kier molecular flexibility index (Phi) is 11.8. The summed E-state index contributed by atoms with van der Waals surface area (Å²) < 4.78 is 63.8. The number of piperidine rings is 1. The van der Waals surface area contributed by atoms with E-state index >= 15 is 0 Å². The van der Waals surface area contributed by atoms with E-state index in [2.05, 4.69) is 0 Å². The number of likely N-dealkylation sites (tertiary alicyclic amines) is 1. The fourth-order valence-electron chi connectivity index (χ4n) is 5.10. The number of benzene rings is 3. The maximum absolute atomic E-state index is 14.2. The van der Waals surface area contributed by atoms with Crippen LogP contribution in [0.5, 0.6) is 5.75 Å². The summed E-state index contributed by atoms with van der Waals surface area (Å²) in [5.74, 6) is -1.71. The Labute approximate surface area is 250 Å². The van der Waals surface area contributed by atoms with Crippen LogP contribution in [0.1, 0.15) is 24.8 Å². The molecule has 0 atom stereocenters. The topological polar surface area (TPSA) is 105 Å². The van der Waals surface area contributed by atoms with Gasteiger partial charge in [0.1, 0.15) is 17.4 Å². The molecule has 0 radical (unpaired) electrons. The van der Waals surface area contributed by atoms with Gasteiger partial charge in [-0.3, -0.25) is 10.0 Å². The molecule has 0 aliphatic carbocycles. The fourth-order valence-corrected chi connectivity index (χ4v) is 7.06. The third-order valence-corrected chi connectivity index (χ3v) is 10.0. The Morgan fingerprint density at radius 1 is 1.02 bits per heavy atom. The van der Waals surface area contributed by atoms with Gasteiger partial charge >= 0.3 is 0 Å². The molecule has 0 aromatic heterocycles. The van der Waals surface area contributed by atoms with Gasteiger partial charge in [0.25, 0.3) is 5.91 Å². The number of hydroxylamine groups is 1. The minimum Gasteiger partial charge on any atom is -0.494 e. The molecular formula is C30H35ClF2N2O6S. The molecule has 1 aliphatic rings. The van der Waals surface area contributed by atoms with Crippen LogP contribution in [-0.2, 0) is 25.8 Å². The van der Waals surface area contributed by atoms with Crippen molar-refractivity contribution in [2.75, 3.05) is 40.0 Å². The lowest BCUT2D eigenvalue weighted by Crippen LogP contribution is -2.57. The van der Waals surface area contributed by atoms with E-state index in [9.17, 15) is 27.2 Å². The summed E-state index contributed by atoms with van der Waals surface area (Å²) in [4.78, 5) is 14.7. The molecular weight excluding hydrogens is 590 g/mol. The van der Waals surface area contributed by atoms with Gasteiger partial charge < -0.3 is 14.4 Å². The minimum absolute atomic E-state index is 0. The predicted octanol–water partition coefficient (Wildman–Crippen LogP) is 4.83. The van der Waals surface area contributed by atoms with Crippen LogP contribution in [0.25, 0.3) is 11.1 Å². The van der Waals surface area contributed by atoms with Gasteiger partial charge in [-0.2, -0.15) is 0 Å². The zero-order valence-corrected chi connectivity index (χ0v) is 24.9. The molecule has 0 bridgehead atoms. The van der Waals surface area contributed by atoms with Crippen molar-refractivity contribution in [2.45, 2.75) is 35.3 Å². The fraction of sp³-hybridized carbons (Fsp3) is 0.367. The summed E-state index contributed by atoms with van der Waals surface area (Å²) in [6, 6.07) is 16.8. The second-order valence-corrected chi connectivity index (χ2v) is 12.3. The number of carbonyl (C=O) groups excluding carboxylic acids is 1. The first-order valence-electron chi connectivity index (χ1n) is 13.4. The second kappa shape index (κ2) is 14.9. The van der Waals surface area contributed by atoms with Crippen LogP contribution in [0.2, 0.25) is 0 Å². The van der Waals surface area contributed by atoms with Gasteiger partial charge in [-0.15, -0.1) is 12.4 Å². The Hall–Kier alpha value is -3.09. The summed E-state index contributed by atoms with van der Waals surface area (Å²) in [7, 11) is -2.53. The molecule has 1 saturated heterocycles. The molecule has 228 valence electrons. The third kappa shape index (κ3) is 7.45. The monoisotopic (exact) mass is 624 g/mol. The quantitative estimate of drug-likeness (QED) is 0.169. The normalized spacial score (nSPS) is 15.0. The summed E-state index contributed by atoms with van der Waals surface area (Å²) in [6.07, 6.45) is 1.38. The van der Waals surface area contributed by atoms with E-state index in [1.54, 1.807) is 30.8 Å². The number of sulfone groups is 1. The van der Waals surface area contributed by atoms with Crippen LogP contribution >= 0.6 is 12.4 Å². The zero-order chi connectivity index (χ0) is 29.5. The number of carbonyl (C=O) groups is 1. The largest absolute Gasteiger partial charge is 0.494 e. The highest BCUT2D eigenvalue weighted by Crippen LogP contribution is 2.36. The van der Waals surface area contributed by atoms with Crippen LogP contribution in [0.3, 0.4) is 0 Å². The van der Waals surface area contributed by atoms with E-state index in [1.807, 2.05) is 23.1 Å². The van der Waals surface area contributed by atoms with Crippen LogP contribution in [0.4, 0.5) is 8.78 Å². The van der Waals surface area contributed by atoms with Gasteiger partial charge in [0.05, 0.1) is 18.1 Å². The summed E-state index contributed by atoms with van der Waals surface area (Å²) in [6.45, 7) is 2.22. The molecule has 3 aromatic rings. The Morgan fingerprint density at radius 3 is 2.38 bits per heavy atom. The maximum Gasteiger partial charge on any atom is 0.265 e. The van der Waals surface area contributed by atoms with Crippen molar-refractivity contribution < 1.29 is 36.7 Å². The predicted molar refractivity (Wildman–Crippen MR) is 157 cm³/mol.